The van der Waals surface area contributed by atoms with Gasteiger partial charge in [-0.25, -0.2) is 9.97 Å². The number of para-hydroxylation sites is 2. The minimum atomic E-state index is 0.00553. The van der Waals surface area contributed by atoms with Crippen molar-refractivity contribution < 1.29 is 4.79 Å². The summed E-state index contributed by atoms with van der Waals surface area (Å²) in [5.74, 6) is 0.834. The molecule has 1 saturated carbocycles. The summed E-state index contributed by atoms with van der Waals surface area (Å²) in [5, 5.41) is 0. The SMILES string of the molecule is CCc1ncncc1C(=O)N1CCN(CC2CC2)c2ccccc21. The van der Waals surface area contributed by atoms with Crippen molar-refractivity contribution in [2.45, 2.75) is 26.2 Å². The van der Waals surface area contributed by atoms with Crippen LogP contribution in [0.4, 0.5) is 11.4 Å². The van der Waals surface area contributed by atoms with Crippen molar-refractivity contribution in [1.29, 1.82) is 0 Å². The van der Waals surface area contributed by atoms with E-state index in [4.69, 9.17) is 0 Å². The first kappa shape index (κ1) is 15.1. The molecular formula is C19H22N4O. The first-order valence-electron chi connectivity index (χ1n) is 8.72. The van der Waals surface area contributed by atoms with Crippen molar-refractivity contribution in [3.05, 3.63) is 48.0 Å². The molecule has 0 bridgehead atoms. The molecule has 1 aliphatic heterocycles. The molecule has 5 nitrogen and oxygen atoms in total. The smallest absolute Gasteiger partial charge is 0.261 e. The maximum absolute atomic E-state index is 13.1. The lowest BCUT2D eigenvalue weighted by atomic mass is 10.1. The predicted molar refractivity (Wildman–Crippen MR) is 94.5 cm³/mol. The molecule has 2 heterocycles. The number of hydrogen-bond acceptors (Lipinski definition) is 4. The van der Waals surface area contributed by atoms with Gasteiger partial charge in [0.1, 0.15) is 6.33 Å². The van der Waals surface area contributed by atoms with Gasteiger partial charge in [-0.15, -0.1) is 0 Å². The number of aromatic nitrogens is 2. The summed E-state index contributed by atoms with van der Waals surface area (Å²) in [6.07, 6.45) is 6.56. The van der Waals surface area contributed by atoms with Gasteiger partial charge in [-0.2, -0.15) is 0 Å². The zero-order valence-corrected chi connectivity index (χ0v) is 14.0. The van der Waals surface area contributed by atoms with Crippen LogP contribution in [0.25, 0.3) is 0 Å². The van der Waals surface area contributed by atoms with Gasteiger partial charge in [0.15, 0.2) is 0 Å². The van der Waals surface area contributed by atoms with E-state index in [2.05, 4.69) is 27.0 Å². The summed E-state index contributed by atoms with van der Waals surface area (Å²) in [5.41, 5.74) is 3.59. The number of anilines is 2. The molecular weight excluding hydrogens is 300 g/mol. The Labute approximate surface area is 142 Å². The van der Waals surface area contributed by atoms with E-state index in [-0.39, 0.29) is 5.91 Å². The van der Waals surface area contributed by atoms with Crippen LogP contribution in [0.15, 0.2) is 36.8 Å². The number of hydrogen-bond donors (Lipinski definition) is 0. The van der Waals surface area contributed by atoms with Crippen molar-refractivity contribution in [3.8, 4) is 0 Å². The highest BCUT2D eigenvalue weighted by molar-refractivity contribution is 6.08. The fourth-order valence-corrected chi connectivity index (χ4v) is 3.39. The average Bonchev–Trinajstić information content (AvgIpc) is 3.45. The molecule has 24 heavy (non-hydrogen) atoms. The van der Waals surface area contributed by atoms with Crippen LogP contribution in [-0.2, 0) is 6.42 Å². The highest BCUT2D eigenvalue weighted by Gasteiger charge is 2.31. The van der Waals surface area contributed by atoms with Crippen molar-refractivity contribution in [2.24, 2.45) is 5.92 Å². The fourth-order valence-electron chi connectivity index (χ4n) is 3.39. The van der Waals surface area contributed by atoms with E-state index in [1.807, 2.05) is 24.0 Å². The number of fused-ring (bicyclic) bond motifs is 1. The van der Waals surface area contributed by atoms with Crippen molar-refractivity contribution >= 4 is 17.3 Å². The van der Waals surface area contributed by atoms with Gasteiger partial charge < -0.3 is 9.80 Å². The summed E-state index contributed by atoms with van der Waals surface area (Å²) in [7, 11) is 0. The van der Waals surface area contributed by atoms with Gasteiger partial charge in [-0.3, -0.25) is 4.79 Å². The second-order valence-corrected chi connectivity index (χ2v) is 6.57. The number of aryl methyl sites for hydroxylation is 1. The zero-order chi connectivity index (χ0) is 16.5. The molecule has 124 valence electrons. The molecule has 0 unspecified atom stereocenters. The average molecular weight is 322 g/mol. The number of rotatable bonds is 4. The summed E-state index contributed by atoms with van der Waals surface area (Å²) in [6.45, 7) is 4.71. The molecule has 1 aliphatic carbocycles. The molecule has 0 spiro atoms. The number of carbonyl (C=O) groups excluding carboxylic acids is 1. The third-order valence-corrected chi connectivity index (χ3v) is 4.89. The maximum Gasteiger partial charge on any atom is 0.261 e. The zero-order valence-electron chi connectivity index (χ0n) is 14.0. The Morgan fingerprint density at radius 1 is 1.21 bits per heavy atom. The van der Waals surface area contributed by atoms with E-state index in [9.17, 15) is 4.79 Å². The quantitative estimate of drug-likeness (QED) is 0.868. The van der Waals surface area contributed by atoms with E-state index >= 15 is 0 Å². The summed E-state index contributed by atoms with van der Waals surface area (Å²) < 4.78 is 0. The van der Waals surface area contributed by atoms with Crippen molar-refractivity contribution in [3.63, 3.8) is 0 Å². The second kappa shape index (κ2) is 6.23. The Morgan fingerprint density at radius 3 is 2.75 bits per heavy atom. The van der Waals surface area contributed by atoms with Crippen LogP contribution in [0.3, 0.4) is 0 Å². The highest BCUT2D eigenvalue weighted by atomic mass is 16.2. The van der Waals surface area contributed by atoms with Gasteiger partial charge >= 0.3 is 0 Å². The normalized spacial score (nSPS) is 16.9. The molecule has 1 aromatic carbocycles. The Morgan fingerprint density at radius 2 is 2.00 bits per heavy atom. The van der Waals surface area contributed by atoms with Gasteiger partial charge in [-0.05, 0) is 37.3 Å². The van der Waals surface area contributed by atoms with E-state index in [1.54, 1.807) is 6.20 Å². The van der Waals surface area contributed by atoms with Gasteiger partial charge in [0, 0.05) is 25.8 Å². The second-order valence-electron chi connectivity index (χ2n) is 6.57. The van der Waals surface area contributed by atoms with E-state index in [0.29, 0.717) is 12.1 Å². The van der Waals surface area contributed by atoms with Crippen LogP contribution in [0.2, 0.25) is 0 Å². The first-order chi connectivity index (χ1) is 11.8. The number of amides is 1. The lowest BCUT2D eigenvalue weighted by Crippen LogP contribution is -2.45. The molecule has 4 rings (SSSR count). The molecule has 1 aromatic heterocycles. The number of carbonyl (C=O) groups is 1. The van der Waals surface area contributed by atoms with E-state index < -0.39 is 0 Å². The lowest BCUT2D eigenvalue weighted by molar-refractivity contribution is 0.0985. The Kier molecular flexibility index (Phi) is 3.92. The Hall–Kier alpha value is -2.43. The predicted octanol–water partition coefficient (Wildman–Crippen LogP) is 2.92. The molecule has 1 fully saturated rings. The van der Waals surface area contributed by atoms with Gasteiger partial charge in [0.05, 0.1) is 22.6 Å². The molecule has 0 radical (unpaired) electrons. The molecule has 0 N–H and O–H groups in total. The van der Waals surface area contributed by atoms with Gasteiger partial charge in [0.2, 0.25) is 0 Å². The third-order valence-electron chi connectivity index (χ3n) is 4.89. The highest BCUT2D eigenvalue weighted by Crippen LogP contribution is 2.37. The van der Waals surface area contributed by atoms with Crippen LogP contribution in [-0.4, -0.2) is 35.5 Å². The number of benzene rings is 1. The standard InChI is InChI=1S/C19H22N4O/c1-2-16-15(11-20-13-21-16)19(24)23-10-9-22(12-14-7-8-14)17-5-3-4-6-18(17)23/h3-6,11,13-14H,2,7-10,12H2,1H3. The third kappa shape index (κ3) is 2.75. The lowest BCUT2D eigenvalue weighted by Gasteiger charge is -2.38. The Bertz CT molecular complexity index is 757. The minimum Gasteiger partial charge on any atom is -0.368 e. The molecule has 5 heteroatoms. The summed E-state index contributed by atoms with van der Waals surface area (Å²) in [6, 6.07) is 8.22. The fraction of sp³-hybridized carbons (Fsp3) is 0.421. The van der Waals surface area contributed by atoms with Crippen LogP contribution in [0.5, 0.6) is 0 Å². The largest absolute Gasteiger partial charge is 0.368 e. The number of nitrogens with zero attached hydrogens (tertiary/aromatic N) is 4. The molecule has 2 aromatic rings. The van der Waals surface area contributed by atoms with Crippen LogP contribution >= 0.6 is 0 Å². The summed E-state index contributed by atoms with van der Waals surface area (Å²) in [4.78, 5) is 25.7. The Balaban J connectivity index is 1.67. The van der Waals surface area contributed by atoms with Gasteiger partial charge in [0.25, 0.3) is 5.91 Å². The summed E-state index contributed by atoms with van der Waals surface area (Å²) >= 11 is 0. The van der Waals surface area contributed by atoms with Crippen LogP contribution < -0.4 is 9.80 Å². The van der Waals surface area contributed by atoms with Crippen LogP contribution in [0, 0.1) is 5.92 Å². The first-order valence-corrected chi connectivity index (χ1v) is 8.72. The van der Waals surface area contributed by atoms with E-state index in [0.717, 1.165) is 36.8 Å². The molecule has 2 aliphatic rings. The minimum absolute atomic E-state index is 0.00553. The topological polar surface area (TPSA) is 49.3 Å². The van der Waals surface area contributed by atoms with E-state index in [1.165, 1.54) is 24.9 Å². The maximum atomic E-state index is 13.1. The molecule has 0 saturated heterocycles. The monoisotopic (exact) mass is 322 g/mol. The van der Waals surface area contributed by atoms with Crippen molar-refractivity contribution in [1.82, 2.24) is 9.97 Å². The molecule has 0 atom stereocenters. The van der Waals surface area contributed by atoms with Crippen molar-refractivity contribution in [2.75, 3.05) is 29.4 Å². The van der Waals surface area contributed by atoms with Gasteiger partial charge in [-0.1, -0.05) is 19.1 Å². The van der Waals surface area contributed by atoms with Crippen LogP contribution in [0.1, 0.15) is 35.8 Å². The molecule has 1 amide bonds.